The summed E-state index contributed by atoms with van der Waals surface area (Å²) in [6.45, 7) is 7.81. The first-order valence-corrected chi connectivity index (χ1v) is 6.98. The fourth-order valence-corrected chi connectivity index (χ4v) is 2.03. The summed E-state index contributed by atoms with van der Waals surface area (Å²) in [4.78, 5) is 13.8. The second-order valence-corrected chi connectivity index (χ2v) is 4.80. The summed E-state index contributed by atoms with van der Waals surface area (Å²) in [5.74, 6) is 0. The third-order valence-electron chi connectivity index (χ3n) is 3.21. The third-order valence-corrected chi connectivity index (χ3v) is 3.21. The summed E-state index contributed by atoms with van der Waals surface area (Å²) >= 11 is 0. The Labute approximate surface area is 131 Å². The van der Waals surface area contributed by atoms with Gasteiger partial charge in [0.25, 0.3) is 0 Å². The first-order valence-electron chi connectivity index (χ1n) is 6.98. The zero-order valence-corrected chi connectivity index (χ0v) is 13.1. The van der Waals surface area contributed by atoms with Crippen LogP contribution in [0.2, 0.25) is 0 Å². The SMILES string of the molecule is CC1=NCCCNCCCN=C(C)c2cccc1n2.[Ni+2]. The van der Waals surface area contributed by atoms with Crippen LogP contribution in [0.1, 0.15) is 38.1 Å². The summed E-state index contributed by atoms with van der Waals surface area (Å²) in [6.07, 6.45) is 2.14. The summed E-state index contributed by atoms with van der Waals surface area (Å²) in [6, 6.07) is 6.06. The van der Waals surface area contributed by atoms with Crippen LogP contribution in [0.15, 0.2) is 28.2 Å². The van der Waals surface area contributed by atoms with Crippen LogP contribution in [0.4, 0.5) is 0 Å². The van der Waals surface area contributed by atoms with Crippen molar-refractivity contribution in [3.8, 4) is 0 Å². The monoisotopic (exact) mass is 316 g/mol. The maximum atomic E-state index is 4.65. The first-order chi connectivity index (χ1) is 9.27. The fraction of sp³-hybridized carbons (Fsp3) is 0.533. The molecule has 0 atom stereocenters. The molecule has 0 aromatic carbocycles. The van der Waals surface area contributed by atoms with E-state index in [2.05, 4.69) is 20.3 Å². The van der Waals surface area contributed by atoms with Gasteiger partial charge < -0.3 is 5.32 Å². The van der Waals surface area contributed by atoms with Crippen molar-refractivity contribution in [3.05, 3.63) is 29.6 Å². The van der Waals surface area contributed by atoms with Gasteiger partial charge in [0.15, 0.2) is 0 Å². The number of nitrogens with one attached hydrogen (secondary N) is 1. The number of fused-ring (bicyclic) bond motifs is 2. The van der Waals surface area contributed by atoms with Crippen molar-refractivity contribution in [1.29, 1.82) is 0 Å². The number of aromatic nitrogens is 1. The van der Waals surface area contributed by atoms with Crippen LogP contribution in [-0.4, -0.2) is 42.6 Å². The van der Waals surface area contributed by atoms with Crippen molar-refractivity contribution in [2.45, 2.75) is 26.7 Å². The van der Waals surface area contributed by atoms with E-state index in [9.17, 15) is 0 Å². The second kappa shape index (κ2) is 8.99. The second-order valence-electron chi connectivity index (χ2n) is 4.80. The average Bonchev–Trinajstić information content (AvgIpc) is 2.44. The van der Waals surface area contributed by atoms with Crippen LogP contribution < -0.4 is 5.32 Å². The van der Waals surface area contributed by atoms with Gasteiger partial charge in [0, 0.05) is 13.1 Å². The Bertz CT molecular complexity index is 443. The molecule has 1 aliphatic heterocycles. The van der Waals surface area contributed by atoms with E-state index in [1.54, 1.807) is 0 Å². The minimum absolute atomic E-state index is 0. The van der Waals surface area contributed by atoms with E-state index in [1.165, 1.54) is 0 Å². The third kappa shape index (κ3) is 5.14. The number of pyridine rings is 1. The van der Waals surface area contributed by atoms with Gasteiger partial charge in [0.05, 0.1) is 22.8 Å². The van der Waals surface area contributed by atoms with Gasteiger partial charge in [-0.1, -0.05) is 6.07 Å². The molecule has 2 rings (SSSR count). The van der Waals surface area contributed by atoms with Gasteiger partial charge in [-0.05, 0) is 51.9 Å². The van der Waals surface area contributed by atoms with Crippen molar-refractivity contribution in [2.75, 3.05) is 26.2 Å². The topological polar surface area (TPSA) is 49.6 Å². The van der Waals surface area contributed by atoms with Crippen molar-refractivity contribution in [2.24, 2.45) is 9.98 Å². The zero-order valence-electron chi connectivity index (χ0n) is 12.1. The Balaban J connectivity index is 0.00000200. The number of rotatable bonds is 0. The average molecular weight is 317 g/mol. The number of hydrogen-bond acceptors (Lipinski definition) is 4. The molecular weight excluding hydrogens is 295 g/mol. The first kappa shape index (κ1) is 17.0. The molecule has 0 spiro atoms. The molecule has 20 heavy (non-hydrogen) atoms. The van der Waals surface area contributed by atoms with E-state index in [0.29, 0.717) is 0 Å². The van der Waals surface area contributed by atoms with Crippen LogP contribution in [0.25, 0.3) is 0 Å². The van der Waals surface area contributed by atoms with E-state index in [-0.39, 0.29) is 16.5 Å². The molecule has 110 valence electrons. The predicted molar refractivity (Wildman–Crippen MR) is 80.5 cm³/mol. The van der Waals surface area contributed by atoms with E-state index >= 15 is 0 Å². The molecule has 2 bridgehead atoms. The Morgan fingerprint density at radius 2 is 1.40 bits per heavy atom. The Morgan fingerprint density at radius 3 is 1.90 bits per heavy atom. The quantitative estimate of drug-likeness (QED) is 0.745. The largest absolute Gasteiger partial charge is 2.00 e. The number of nitrogens with zero attached hydrogens (tertiary/aromatic N) is 3. The predicted octanol–water partition coefficient (Wildman–Crippen LogP) is 2.08. The van der Waals surface area contributed by atoms with E-state index < -0.39 is 0 Å². The Kier molecular flexibility index (Phi) is 7.64. The molecule has 1 aliphatic rings. The summed E-state index contributed by atoms with van der Waals surface area (Å²) < 4.78 is 0. The molecule has 0 amide bonds. The van der Waals surface area contributed by atoms with Gasteiger partial charge >= 0.3 is 16.5 Å². The molecule has 0 fully saturated rings. The standard InChI is InChI=1S/C15H22N4.Ni/c1-12-14-6-3-7-15(19-14)13(2)18-11-5-9-16-8-4-10-17-12;/h3,6-7,16H,4-5,8-11H2,1-2H3;/q;+2. The van der Waals surface area contributed by atoms with Gasteiger partial charge in [0.2, 0.25) is 0 Å². The fourth-order valence-electron chi connectivity index (χ4n) is 2.03. The van der Waals surface area contributed by atoms with Crippen LogP contribution in [0.5, 0.6) is 0 Å². The van der Waals surface area contributed by atoms with E-state index in [1.807, 2.05) is 32.0 Å². The number of hydrogen-bond donors (Lipinski definition) is 1. The Morgan fingerprint density at radius 1 is 0.900 bits per heavy atom. The van der Waals surface area contributed by atoms with Crippen molar-refractivity contribution >= 4 is 11.4 Å². The van der Waals surface area contributed by atoms with Crippen molar-refractivity contribution in [1.82, 2.24) is 10.3 Å². The van der Waals surface area contributed by atoms with Crippen molar-refractivity contribution < 1.29 is 16.5 Å². The number of aliphatic imine (C=N–C) groups is 2. The van der Waals surface area contributed by atoms with Gasteiger partial charge in [-0.2, -0.15) is 0 Å². The molecule has 0 radical (unpaired) electrons. The molecule has 0 saturated carbocycles. The summed E-state index contributed by atoms with van der Waals surface area (Å²) in [5.41, 5.74) is 3.92. The molecule has 0 aliphatic carbocycles. The van der Waals surface area contributed by atoms with Crippen molar-refractivity contribution in [3.63, 3.8) is 0 Å². The van der Waals surface area contributed by atoms with Crippen LogP contribution in [0.3, 0.4) is 0 Å². The van der Waals surface area contributed by atoms with Crippen LogP contribution >= 0.6 is 0 Å². The van der Waals surface area contributed by atoms with E-state index in [0.717, 1.165) is 61.8 Å². The molecule has 0 saturated heterocycles. The minimum Gasteiger partial charge on any atom is -0.317 e. The summed E-state index contributed by atoms with van der Waals surface area (Å²) in [5, 5.41) is 3.42. The molecule has 1 aromatic rings. The smallest absolute Gasteiger partial charge is 0.317 e. The van der Waals surface area contributed by atoms with Crippen LogP contribution in [0, 0.1) is 0 Å². The molecule has 5 heteroatoms. The van der Waals surface area contributed by atoms with Crippen LogP contribution in [-0.2, 0) is 16.5 Å². The maximum Gasteiger partial charge on any atom is 2.00 e. The molecule has 2 heterocycles. The van der Waals surface area contributed by atoms with E-state index in [4.69, 9.17) is 0 Å². The molecule has 0 unspecified atom stereocenters. The maximum absolute atomic E-state index is 4.65. The molecule has 1 N–H and O–H groups in total. The molecule has 1 aromatic heterocycles. The van der Waals surface area contributed by atoms with Gasteiger partial charge in [-0.15, -0.1) is 0 Å². The van der Waals surface area contributed by atoms with Gasteiger partial charge in [0.1, 0.15) is 0 Å². The molecule has 4 nitrogen and oxygen atoms in total. The summed E-state index contributed by atoms with van der Waals surface area (Å²) in [7, 11) is 0. The Hall–Kier alpha value is -1.06. The zero-order chi connectivity index (χ0) is 13.5. The normalized spacial score (nSPS) is 17.3. The van der Waals surface area contributed by atoms with Gasteiger partial charge in [-0.25, -0.2) is 4.98 Å². The minimum atomic E-state index is 0. The van der Waals surface area contributed by atoms with Gasteiger partial charge in [-0.3, -0.25) is 9.98 Å². The molecular formula is C15H22N4Ni+2.